The first kappa shape index (κ1) is 19.3. The van der Waals surface area contributed by atoms with Crippen LogP contribution in [0.25, 0.3) is 0 Å². The van der Waals surface area contributed by atoms with E-state index in [1.165, 1.54) is 9.87 Å². The lowest BCUT2D eigenvalue weighted by atomic mass is 10.1. The second-order valence-corrected chi connectivity index (χ2v) is 8.06. The summed E-state index contributed by atoms with van der Waals surface area (Å²) in [5.74, 6) is 0. The largest absolute Gasteiger partial charge is 0.304 e. The summed E-state index contributed by atoms with van der Waals surface area (Å²) >= 11 is 0. The molecule has 0 amide bonds. The smallest absolute Gasteiger partial charge is 0.279 e. The van der Waals surface area contributed by atoms with Gasteiger partial charge >= 0.3 is 0 Å². The highest BCUT2D eigenvalue weighted by Gasteiger charge is 2.17. The minimum atomic E-state index is -3.39. The molecule has 24 heavy (non-hydrogen) atoms. The van der Waals surface area contributed by atoms with Gasteiger partial charge in [0.2, 0.25) is 0 Å². The van der Waals surface area contributed by atoms with E-state index in [9.17, 15) is 8.42 Å². The Hall–Kier alpha value is -0.990. The van der Waals surface area contributed by atoms with E-state index in [0.717, 1.165) is 38.3 Å². The third kappa shape index (κ3) is 5.53. The van der Waals surface area contributed by atoms with Gasteiger partial charge in [0.1, 0.15) is 0 Å². The molecule has 1 aliphatic heterocycles. The van der Waals surface area contributed by atoms with Crippen LogP contribution in [0.15, 0.2) is 24.3 Å². The lowest BCUT2D eigenvalue weighted by Crippen LogP contribution is -2.43. The molecule has 7 heteroatoms. The highest BCUT2D eigenvalue weighted by Crippen LogP contribution is 2.10. The van der Waals surface area contributed by atoms with Crippen molar-refractivity contribution in [2.45, 2.75) is 26.9 Å². The van der Waals surface area contributed by atoms with Gasteiger partial charge in [-0.15, -0.1) is 0 Å². The predicted molar refractivity (Wildman–Crippen MR) is 97.9 cm³/mol. The van der Waals surface area contributed by atoms with Crippen LogP contribution in [0.5, 0.6) is 0 Å². The fourth-order valence-corrected chi connectivity index (χ4v) is 4.07. The van der Waals surface area contributed by atoms with E-state index >= 15 is 0 Å². The van der Waals surface area contributed by atoms with Crippen molar-refractivity contribution >= 4 is 10.2 Å². The van der Waals surface area contributed by atoms with Crippen LogP contribution in [0.3, 0.4) is 0 Å². The number of piperazine rings is 1. The predicted octanol–water partition coefficient (Wildman–Crippen LogP) is 1.11. The zero-order chi connectivity index (χ0) is 17.6. The van der Waals surface area contributed by atoms with Crippen molar-refractivity contribution in [1.82, 2.24) is 18.8 Å². The van der Waals surface area contributed by atoms with Crippen molar-refractivity contribution < 1.29 is 8.42 Å². The number of rotatable bonds is 8. The maximum absolute atomic E-state index is 12.1. The van der Waals surface area contributed by atoms with Crippen LogP contribution in [-0.4, -0.2) is 68.8 Å². The fourth-order valence-electron chi connectivity index (χ4n) is 2.86. The van der Waals surface area contributed by atoms with Crippen LogP contribution in [0, 0.1) is 0 Å². The SMILES string of the molecule is CCN(CC)S(=O)(=O)NCc1ccc(CN2CCN(C)CC2)cc1. The average Bonchev–Trinajstić information content (AvgIpc) is 2.57. The van der Waals surface area contributed by atoms with E-state index in [1.54, 1.807) is 0 Å². The van der Waals surface area contributed by atoms with E-state index in [2.05, 4.69) is 33.7 Å². The summed E-state index contributed by atoms with van der Waals surface area (Å²) in [6.07, 6.45) is 0. The summed E-state index contributed by atoms with van der Waals surface area (Å²) in [5, 5.41) is 0. The summed E-state index contributed by atoms with van der Waals surface area (Å²) in [4.78, 5) is 4.81. The first-order chi connectivity index (χ1) is 11.4. The Labute approximate surface area is 146 Å². The molecule has 0 spiro atoms. The van der Waals surface area contributed by atoms with Gasteiger partial charge < -0.3 is 4.90 Å². The third-order valence-electron chi connectivity index (χ3n) is 4.53. The maximum atomic E-state index is 12.1. The quantitative estimate of drug-likeness (QED) is 0.760. The molecule has 0 atom stereocenters. The third-order valence-corrected chi connectivity index (χ3v) is 6.23. The minimum Gasteiger partial charge on any atom is -0.304 e. The van der Waals surface area contributed by atoms with Crippen LogP contribution in [-0.2, 0) is 23.3 Å². The molecule has 0 saturated carbocycles. The summed E-state index contributed by atoms with van der Waals surface area (Å²) in [6, 6.07) is 8.21. The van der Waals surface area contributed by atoms with E-state index < -0.39 is 10.2 Å². The Balaban J connectivity index is 1.86. The second-order valence-electron chi connectivity index (χ2n) is 6.31. The Morgan fingerprint density at radius 2 is 1.54 bits per heavy atom. The van der Waals surface area contributed by atoms with Crippen molar-refractivity contribution in [1.29, 1.82) is 0 Å². The van der Waals surface area contributed by atoms with Crippen molar-refractivity contribution in [3.63, 3.8) is 0 Å². The van der Waals surface area contributed by atoms with Crippen LogP contribution < -0.4 is 4.72 Å². The molecular weight excluding hydrogens is 324 g/mol. The molecule has 0 bridgehead atoms. The number of nitrogens with zero attached hydrogens (tertiary/aromatic N) is 3. The molecule has 1 N–H and O–H groups in total. The van der Waals surface area contributed by atoms with Crippen LogP contribution >= 0.6 is 0 Å². The fraction of sp³-hybridized carbons (Fsp3) is 0.647. The normalized spacial score (nSPS) is 17.5. The Kier molecular flexibility index (Phi) is 7.18. The van der Waals surface area contributed by atoms with Crippen LogP contribution in [0.1, 0.15) is 25.0 Å². The van der Waals surface area contributed by atoms with Gasteiger partial charge in [0, 0.05) is 52.4 Å². The first-order valence-electron chi connectivity index (χ1n) is 8.68. The van der Waals surface area contributed by atoms with E-state index in [1.807, 2.05) is 26.0 Å². The number of benzene rings is 1. The molecule has 0 aliphatic carbocycles. The molecule has 136 valence electrons. The lowest BCUT2D eigenvalue weighted by Gasteiger charge is -2.32. The molecule has 1 heterocycles. The molecule has 6 nitrogen and oxygen atoms in total. The van der Waals surface area contributed by atoms with E-state index in [4.69, 9.17) is 0 Å². The van der Waals surface area contributed by atoms with Crippen molar-refractivity contribution in [3.05, 3.63) is 35.4 Å². The topological polar surface area (TPSA) is 55.9 Å². The Morgan fingerprint density at radius 1 is 1.00 bits per heavy atom. The molecule has 1 saturated heterocycles. The van der Waals surface area contributed by atoms with Gasteiger partial charge in [-0.05, 0) is 18.2 Å². The summed E-state index contributed by atoms with van der Waals surface area (Å²) in [5.41, 5.74) is 2.25. The molecule has 1 aromatic rings. The summed E-state index contributed by atoms with van der Waals surface area (Å²) in [7, 11) is -1.23. The summed E-state index contributed by atoms with van der Waals surface area (Å²) in [6.45, 7) is 10.4. The molecule has 1 aliphatic rings. The molecule has 1 aromatic carbocycles. The number of nitrogens with one attached hydrogen (secondary N) is 1. The van der Waals surface area contributed by atoms with Crippen molar-refractivity contribution in [2.24, 2.45) is 0 Å². The molecular formula is C17H30N4O2S. The first-order valence-corrected chi connectivity index (χ1v) is 10.1. The van der Waals surface area contributed by atoms with Gasteiger partial charge in [-0.3, -0.25) is 4.90 Å². The highest BCUT2D eigenvalue weighted by atomic mass is 32.2. The highest BCUT2D eigenvalue weighted by molar-refractivity contribution is 7.87. The standard InChI is InChI=1S/C17H30N4O2S/c1-4-21(5-2)24(22,23)18-14-16-6-8-17(9-7-16)15-20-12-10-19(3)11-13-20/h6-9,18H,4-5,10-15H2,1-3H3. The number of hydrogen-bond acceptors (Lipinski definition) is 4. The van der Waals surface area contributed by atoms with Gasteiger partial charge in [0.15, 0.2) is 0 Å². The van der Waals surface area contributed by atoms with Gasteiger partial charge in [-0.1, -0.05) is 38.1 Å². The zero-order valence-corrected chi connectivity index (χ0v) is 15.8. The lowest BCUT2D eigenvalue weighted by molar-refractivity contribution is 0.148. The molecule has 1 fully saturated rings. The Morgan fingerprint density at radius 3 is 2.08 bits per heavy atom. The van der Waals surface area contributed by atoms with Crippen molar-refractivity contribution in [2.75, 3.05) is 46.3 Å². The van der Waals surface area contributed by atoms with Crippen LogP contribution in [0.2, 0.25) is 0 Å². The zero-order valence-electron chi connectivity index (χ0n) is 15.0. The van der Waals surface area contributed by atoms with Gasteiger partial charge in [0.05, 0.1) is 0 Å². The second kappa shape index (κ2) is 8.92. The van der Waals surface area contributed by atoms with Crippen LogP contribution in [0.4, 0.5) is 0 Å². The Bertz CT molecular complexity index is 592. The number of hydrogen-bond donors (Lipinski definition) is 1. The van der Waals surface area contributed by atoms with Crippen molar-refractivity contribution in [3.8, 4) is 0 Å². The monoisotopic (exact) mass is 354 g/mol. The summed E-state index contributed by atoms with van der Waals surface area (Å²) < 4.78 is 28.3. The average molecular weight is 355 g/mol. The molecule has 0 unspecified atom stereocenters. The van der Waals surface area contributed by atoms with Gasteiger partial charge in [-0.2, -0.15) is 17.4 Å². The minimum absolute atomic E-state index is 0.327. The molecule has 2 rings (SSSR count). The van der Waals surface area contributed by atoms with E-state index in [0.29, 0.717) is 19.6 Å². The molecule has 0 aromatic heterocycles. The number of likely N-dealkylation sites (N-methyl/N-ethyl adjacent to an activating group) is 1. The van der Waals surface area contributed by atoms with Gasteiger partial charge in [0.25, 0.3) is 10.2 Å². The van der Waals surface area contributed by atoms with E-state index in [-0.39, 0.29) is 0 Å². The maximum Gasteiger partial charge on any atom is 0.279 e. The van der Waals surface area contributed by atoms with Gasteiger partial charge in [-0.25, -0.2) is 0 Å². The molecule has 0 radical (unpaired) electrons.